The molecule has 3 fully saturated rings. The van der Waals surface area contributed by atoms with E-state index in [9.17, 15) is 0 Å². The molecule has 1 aromatic heterocycles. The van der Waals surface area contributed by atoms with Crippen molar-refractivity contribution in [3.63, 3.8) is 0 Å². The standard InChI is InChI=1S/C12H18N2O/c1-2-11(15-7-1)8-13-12-9-14-5-3-10(12)4-6-14/h1-2,7,10,12-13H,3-6,8-9H2/t12-/m0/s1. The third-order valence-corrected chi connectivity index (χ3v) is 3.77. The molecule has 1 N–H and O–H groups in total. The van der Waals surface area contributed by atoms with Crippen LogP contribution in [0.2, 0.25) is 0 Å². The van der Waals surface area contributed by atoms with Crippen LogP contribution in [-0.2, 0) is 6.54 Å². The monoisotopic (exact) mass is 206 g/mol. The average molecular weight is 206 g/mol. The lowest BCUT2D eigenvalue weighted by molar-refractivity contribution is 0.0711. The van der Waals surface area contributed by atoms with Gasteiger partial charge >= 0.3 is 0 Å². The first-order chi connectivity index (χ1) is 7.42. The summed E-state index contributed by atoms with van der Waals surface area (Å²) in [4.78, 5) is 2.57. The van der Waals surface area contributed by atoms with Gasteiger partial charge in [0.25, 0.3) is 0 Å². The predicted molar refractivity (Wildman–Crippen MR) is 58.5 cm³/mol. The second-order valence-corrected chi connectivity index (χ2v) is 4.70. The van der Waals surface area contributed by atoms with E-state index in [4.69, 9.17) is 4.42 Å². The summed E-state index contributed by atoms with van der Waals surface area (Å²) in [6.45, 7) is 4.72. The molecule has 82 valence electrons. The number of furan rings is 1. The second-order valence-electron chi connectivity index (χ2n) is 4.70. The molecule has 3 nitrogen and oxygen atoms in total. The van der Waals surface area contributed by atoms with E-state index in [0.717, 1.165) is 18.2 Å². The Bertz CT molecular complexity index is 301. The maximum absolute atomic E-state index is 5.33. The predicted octanol–water partition coefficient (Wildman–Crippen LogP) is 1.46. The molecule has 4 heterocycles. The Kier molecular flexibility index (Phi) is 2.51. The fourth-order valence-electron chi connectivity index (χ4n) is 2.84. The highest BCUT2D eigenvalue weighted by atomic mass is 16.3. The Morgan fingerprint density at radius 2 is 2.27 bits per heavy atom. The van der Waals surface area contributed by atoms with Crippen LogP contribution >= 0.6 is 0 Å². The summed E-state index contributed by atoms with van der Waals surface area (Å²) in [7, 11) is 0. The van der Waals surface area contributed by atoms with Crippen LogP contribution in [0.15, 0.2) is 22.8 Å². The van der Waals surface area contributed by atoms with Crippen molar-refractivity contribution in [2.45, 2.75) is 25.4 Å². The Morgan fingerprint density at radius 1 is 1.40 bits per heavy atom. The maximum Gasteiger partial charge on any atom is 0.117 e. The molecule has 0 aromatic carbocycles. The van der Waals surface area contributed by atoms with E-state index < -0.39 is 0 Å². The van der Waals surface area contributed by atoms with Gasteiger partial charge in [0.2, 0.25) is 0 Å². The number of hydrogen-bond donors (Lipinski definition) is 1. The van der Waals surface area contributed by atoms with Crippen molar-refractivity contribution in [1.82, 2.24) is 10.2 Å². The lowest BCUT2D eigenvalue weighted by Gasteiger charge is -2.45. The molecular formula is C12H18N2O. The Balaban J connectivity index is 1.55. The highest BCUT2D eigenvalue weighted by Gasteiger charge is 2.33. The van der Waals surface area contributed by atoms with Gasteiger partial charge in [-0.1, -0.05) is 0 Å². The molecular weight excluding hydrogens is 188 g/mol. The lowest BCUT2D eigenvalue weighted by Crippen LogP contribution is -2.55. The fraction of sp³-hybridized carbons (Fsp3) is 0.667. The number of rotatable bonds is 3. The Labute approximate surface area is 90.4 Å². The van der Waals surface area contributed by atoms with Crippen molar-refractivity contribution in [3.05, 3.63) is 24.2 Å². The number of nitrogens with zero attached hydrogens (tertiary/aromatic N) is 1. The summed E-state index contributed by atoms with van der Waals surface area (Å²) in [6.07, 6.45) is 4.49. The molecule has 3 aliphatic rings. The van der Waals surface area contributed by atoms with Crippen molar-refractivity contribution in [3.8, 4) is 0 Å². The van der Waals surface area contributed by atoms with Crippen LogP contribution in [0, 0.1) is 5.92 Å². The third kappa shape index (κ3) is 1.94. The first kappa shape index (κ1) is 9.43. The van der Waals surface area contributed by atoms with Crippen molar-refractivity contribution >= 4 is 0 Å². The van der Waals surface area contributed by atoms with E-state index in [1.807, 2.05) is 12.1 Å². The largest absolute Gasteiger partial charge is 0.468 e. The summed E-state index contributed by atoms with van der Waals surface area (Å²) in [6, 6.07) is 4.67. The molecule has 0 saturated carbocycles. The summed E-state index contributed by atoms with van der Waals surface area (Å²) >= 11 is 0. The lowest BCUT2D eigenvalue weighted by atomic mass is 9.84. The van der Waals surface area contributed by atoms with Crippen molar-refractivity contribution in [1.29, 1.82) is 0 Å². The summed E-state index contributed by atoms with van der Waals surface area (Å²) in [5.41, 5.74) is 0. The van der Waals surface area contributed by atoms with Crippen LogP contribution in [0.5, 0.6) is 0 Å². The molecule has 4 rings (SSSR count). The molecule has 3 saturated heterocycles. The smallest absolute Gasteiger partial charge is 0.117 e. The van der Waals surface area contributed by atoms with Gasteiger partial charge in [0.05, 0.1) is 12.8 Å². The summed E-state index contributed by atoms with van der Waals surface area (Å²) in [5, 5.41) is 3.62. The quantitative estimate of drug-likeness (QED) is 0.811. The van der Waals surface area contributed by atoms with Gasteiger partial charge in [0, 0.05) is 12.6 Å². The van der Waals surface area contributed by atoms with Gasteiger partial charge in [-0.15, -0.1) is 0 Å². The minimum Gasteiger partial charge on any atom is -0.468 e. The van der Waals surface area contributed by atoms with Gasteiger partial charge in [-0.2, -0.15) is 0 Å². The Hall–Kier alpha value is -0.800. The molecule has 3 heteroatoms. The van der Waals surface area contributed by atoms with Gasteiger partial charge in [-0.3, -0.25) is 0 Å². The highest BCUT2D eigenvalue weighted by molar-refractivity contribution is 4.99. The summed E-state index contributed by atoms with van der Waals surface area (Å²) < 4.78 is 5.33. The van der Waals surface area contributed by atoms with E-state index in [0.29, 0.717) is 6.04 Å². The molecule has 0 aliphatic carbocycles. The van der Waals surface area contributed by atoms with Crippen molar-refractivity contribution < 1.29 is 4.42 Å². The normalized spacial score (nSPS) is 34.5. The van der Waals surface area contributed by atoms with Crippen molar-refractivity contribution in [2.24, 2.45) is 5.92 Å². The average Bonchev–Trinajstić information content (AvgIpc) is 2.81. The SMILES string of the molecule is c1coc(CN[C@H]2CN3CCC2CC3)c1. The zero-order valence-corrected chi connectivity index (χ0v) is 8.98. The minimum atomic E-state index is 0.678. The molecule has 1 atom stereocenters. The van der Waals surface area contributed by atoms with Crippen LogP contribution in [0.4, 0.5) is 0 Å². The van der Waals surface area contributed by atoms with Crippen LogP contribution in [0.1, 0.15) is 18.6 Å². The van der Waals surface area contributed by atoms with E-state index in [2.05, 4.69) is 10.2 Å². The van der Waals surface area contributed by atoms with Gasteiger partial charge < -0.3 is 14.6 Å². The van der Waals surface area contributed by atoms with Crippen LogP contribution in [0.25, 0.3) is 0 Å². The van der Waals surface area contributed by atoms with Gasteiger partial charge in [-0.25, -0.2) is 0 Å². The van der Waals surface area contributed by atoms with E-state index >= 15 is 0 Å². The highest BCUT2D eigenvalue weighted by Crippen LogP contribution is 2.27. The molecule has 0 unspecified atom stereocenters. The molecule has 2 bridgehead atoms. The second kappa shape index (κ2) is 3.99. The fourth-order valence-corrected chi connectivity index (χ4v) is 2.84. The van der Waals surface area contributed by atoms with E-state index in [-0.39, 0.29) is 0 Å². The molecule has 0 radical (unpaired) electrons. The topological polar surface area (TPSA) is 28.4 Å². The zero-order chi connectivity index (χ0) is 10.1. The number of fused-ring (bicyclic) bond motifs is 3. The Morgan fingerprint density at radius 3 is 2.87 bits per heavy atom. The van der Waals surface area contributed by atoms with Gasteiger partial charge in [0.15, 0.2) is 0 Å². The molecule has 15 heavy (non-hydrogen) atoms. The first-order valence-electron chi connectivity index (χ1n) is 5.90. The van der Waals surface area contributed by atoms with Crippen LogP contribution in [-0.4, -0.2) is 30.6 Å². The first-order valence-corrected chi connectivity index (χ1v) is 5.90. The number of nitrogens with one attached hydrogen (secondary N) is 1. The molecule has 1 aromatic rings. The molecule has 3 aliphatic heterocycles. The molecule has 0 amide bonds. The minimum absolute atomic E-state index is 0.678. The van der Waals surface area contributed by atoms with E-state index in [1.165, 1.54) is 32.5 Å². The van der Waals surface area contributed by atoms with E-state index in [1.54, 1.807) is 6.26 Å². The summed E-state index contributed by atoms with van der Waals surface area (Å²) in [5.74, 6) is 1.94. The van der Waals surface area contributed by atoms with Gasteiger partial charge in [-0.05, 0) is 44.0 Å². The van der Waals surface area contributed by atoms with Gasteiger partial charge in [0.1, 0.15) is 5.76 Å². The van der Waals surface area contributed by atoms with Crippen molar-refractivity contribution in [2.75, 3.05) is 19.6 Å². The van der Waals surface area contributed by atoms with Crippen LogP contribution in [0.3, 0.4) is 0 Å². The molecule has 0 spiro atoms. The maximum atomic E-state index is 5.33. The zero-order valence-electron chi connectivity index (χ0n) is 8.98. The number of piperidine rings is 3. The van der Waals surface area contributed by atoms with Crippen LogP contribution < -0.4 is 5.32 Å². The number of hydrogen-bond acceptors (Lipinski definition) is 3. The third-order valence-electron chi connectivity index (χ3n) is 3.77.